The fourth-order valence-corrected chi connectivity index (χ4v) is 5.15. The second-order valence-electron chi connectivity index (χ2n) is 11.8. The highest BCUT2D eigenvalue weighted by Crippen LogP contribution is 2.25. The van der Waals surface area contributed by atoms with Crippen LogP contribution in [0.3, 0.4) is 0 Å². The highest BCUT2D eigenvalue weighted by atomic mass is 35.5. The fourth-order valence-electron chi connectivity index (χ4n) is 5.03. The lowest BCUT2D eigenvalue weighted by Gasteiger charge is -2.34. The molecule has 2 saturated heterocycles. The van der Waals surface area contributed by atoms with E-state index in [1.165, 1.54) is 0 Å². The Morgan fingerprint density at radius 3 is 2.39 bits per heavy atom. The van der Waals surface area contributed by atoms with Crippen molar-refractivity contribution in [2.24, 2.45) is 17.8 Å². The molecule has 3 rings (SSSR count). The maximum absolute atomic E-state index is 13.0. The minimum atomic E-state index is -0.908. The molecule has 2 atom stereocenters. The number of hydrogen-bond acceptors (Lipinski definition) is 6. The number of amides is 3. The van der Waals surface area contributed by atoms with Crippen LogP contribution in [-0.2, 0) is 30.5 Å². The zero-order chi connectivity index (χ0) is 30.0. The minimum absolute atomic E-state index is 0.0266. The number of rotatable bonds is 9. The van der Waals surface area contributed by atoms with Gasteiger partial charge in [-0.25, -0.2) is 4.79 Å². The first-order valence-electron chi connectivity index (χ1n) is 14.4. The van der Waals surface area contributed by atoms with E-state index in [1.54, 1.807) is 34.1 Å². The smallest absolute Gasteiger partial charge is 0.410 e. The zero-order valence-corrected chi connectivity index (χ0v) is 25.1. The van der Waals surface area contributed by atoms with Gasteiger partial charge < -0.3 is 24.6 Å². The van der Waals surface area contributed by atoms with E-state index in [-0.39, 0.29) is 37.0 Å². The largest absolute Gasteiger partial charge is 0.460 e. The highest BCUT2D eigenvalue weighted by molar-refractivity contribution is 6.30. The monoisotopic (exact) mass is 587 g/mol. The van der Waals surface area contributed by atoms with Crippen LogP contribution in [-0.4, -0.2) is 72.0 Å². The zero-order valence-electron chi connectivity index (χ0n) is 24.3. The summed E-state index contributed by atoms with van der Waals surface area (Å²) in [4.78, 5) is 54.1. The second-order valence-corrected chi connectivity index (χ2v) is 12.3. The molecule has 0 aromatic heterocycles. The summed E-state index contributed by atoms with van der Waals surface area (Å²) in [6.07, 6.45) is 9.52. The Balaban J connectivity index is 1.37. The number of hydrogen-bond donors (Lipinski definition) is 1. The average Bonchev–Trinajstić information content (AvgIpc) is 2.95. The standard InChI is InChI=1S/C31H42ClN3O6/c1-5-24(29(38)40-21-23-8-11-26(32)12-9-23)19-33-28(37)25-7-6-16-35(20-25)27(36)13-10-22-14-17-34(18-15-22)30(39)41-31(2,3)4/h1,8-9,11-12,22,24-25H,6-7,10,13-21H2,2-4H3,(H,33,37)/t24-,25+/m0/s1. The molecule has 0 bridgehead atoms. The number of nitrogens with one attached hydrogen (secondary N) is 1. The van der Waals surface area contributed by atoms with E-state index in [9.17, 15) is 19.2 Å². The first kappa shape index (κ1) is 32.3. The van der Waals surface area contributed by atoms with Crippen molar-refractivity contribution in [1.29, 1.82) is 0 Å². The molecule has 3 amide bonds. The Bertz CT molecular complexity index is 1100. The van der Waals surface area contributed by atoms with Crippen molar-refractivity contribution in [2.75, 3.05) is 32.7 Å². The second kappa shape index (κ2) is 15.1. The third-order valence-corrected chi connectivity index (χ3v) is 7.69. The lowest BCUT2D eigenvalue weighted by molar-refractivity contribution is -0.147. The maximum Gasteiger partial charge on any atom is 0.410 e. The first-order chi connectivity index (χ1) is 19.4. The average molecular weight is 588 g/mol. The third kappa shape index (κ3) is 10.6. The van der Waals surface area contributed by atoms with E-state index < -0.39 is 17.5 Å². The van der Waals surface area contributed by atoms with Crippen LogP contribution in [0.4, 0.5) is 4.79 Å². The third-order valence-electron chi connectivity index (χ3n) is 7.44. The molecule has 1 aromatic rings. The molecular formula is C31H42ClN3O6. The van der Waals surface area contributed by atoms with Gasteiger partial charge in [-0.3, -0.25) is 14.4 Å². The quantitative estimate of drug-likeness (QED) is 0.339. The van der Waals surface area contributed by atoms with Crippen molar-refractivity contribution in [1.82, 2.24) is 15.1 Å². The highest BCUT2D eigenvalue weighted by Gasteiger charge is 2.31. The Morgan fingerprint density at radius 2 is 1.76 bits per heavy atom. The maximum atomic E-state index is 13.0. The molecule has 224 valence electrons. The van der Waals surface area contributed by atoms with Crippen LogP contribution >= 0.6 is 11.6 Å². The van der Waals surface area contributed by atoms with E-state index in [2.05, 4.69) is 11.2 Å². The van der Waals surface area contributed by atoms with Crippen molar-refractivity contribution in [3.8, 4) is 12.3 Å². The van der Waals surface area contributed by atoms with Crippen LogP contribution in [0.25, 0.3) is 0 Å². The van der Waals surface area contributed by atoms with Gasteiger partial charge in [0.2, 0.25) is 11.8 Å². The van der Waals surface area contributed by atoms with Crippen LogP contribution in [0, 0.1) is 30.1 Å². The molecule has 1 aromatic carbocycles. The number of nitrogens with zero attached hydrogens (tertiary/aromatic N) is 2. The van der Waals surface area contributed by atoms with E-state index in [0.29, 0.717) is 50.0 Å². The number of carbonyl (C=O) groups is 4. The number of terminal acetylenes is 1. The normalized spacial score (nSPS) is 18.7. The number of esters is 1. The van der Waals surface area contributed by atoms with Crippen LogP contribution in [0.15, 0.2) is 24.3 Å². The Kier molecular flexibility index (Phi) is 11.9. The van der Waals surface area contributed by atoms with Crippen molar-refractivity contribution in [2.45, 2.75) is 71.5 Å². The summed E-state index contributed by atoms with van der Waals surface area (Å²) in [5.41, 5.74) is 0.262. The molecule has 2 aliphatic rings. The van der Waals surface area contributed by atoms with Gasteiger partial charge in [0.1, 0.15) is 18.1 Å². The van der Waals surface area contributed by atoms with Crippen molar-refractivity contribution < 1.29 is 28.7 Å². The Morgan fingerprint density at radius 1 is 1.07 bits per heavy atom. The summed E-state index contributed by atoms with van der Waals surface area (Å²) < 4.78 is 10.8. The molecule has 0 unspecified atom stereocenters. The van der Waals surface area contributed by atoms with Crippen LogP contribution in [0.5, 0.6) is 0 Å². The summed E-state index contributed by atoms with van der Waals surface area (Å²) in [6, 6.07) is 6.93. The summed E-state index contributed by atoms with van der Waals surface area (Å²) >= 11 is 5.87. The van der Waals surface area contributed by atoms with Gasteiger partial charge in [0.15, 0.2) is 0 Å². The minimum Gasteiger partial charge on any atom is -0.460 e. The lowest BCUT2D eigenvalue weighted by Crippen LogP contribution is -2.46. The Hall–Kier alpha value is -3.25. The summed E-state index contributed by atoms with van der Waals surface area (Å²) in [6.45, 7) is 7.84. The molecule has 2 heterocycles. The molecular weight excluding hydrogens is 546 g/mol. The van der Waals surface area contributed by atoms with Gasteiger partial charge in [0.25, 0.3) is 0 Å². The van der Waals surface area contributed by atoms with Crippen LogP contribution in [0.1, 0.15) is 64.9 Å². The molecule has 0 saturated carbocycles. The number of likely N-dealkylation sites (tertiary alicyclic amines) is 2. The molecule has 2 fully saturated rings. The molecule has 2 aliphatic heterocycles. The molecule has 1 N–H and O–H groups in total. The van der Waals surface area contributed by atoms with Crippen molar-refractivity contribution in [3.05, 3.63) is 34.9 Å². The molecule has 0 radical (unpaired) electrons. The van der Waals surface area contributed by atoms with Crippen molar-refractivity contribution in [3.63, 3.8) is 0 Å². The first-order valence-corrected chi connectivity index (χ1v) is 14.7. The van der Waals surface area contributed by atoms with E-state index in [1.807, 2.05) is 20.8 Å². The molecule has 0 spiro atoms. The molecule has 41 heavy (non-hydrogen) atoms. The SMILES string of the molecule is C#C[C@@H](CNC(=O)[C@@H]1CCCN(C(=O)CCC2CCN(C(=O)OC(C)(C)C)CC2)C1)C(=O)OCc1ccc(Cl)cc1. The van der Waals surface area contributed by atoms with Crippen LogP contribution in [0.2, 0.25) is 5.02 Å². The van der Waals surface area contributed by atoms with Crippen LogP contribution < -0.4 is 5.32 Å². The molecule has 10 heteroatoms. The summed E-state index contributed by atoms with van der Waals surface area (Å²) in [5.74, 6) is 0.753. The van der Waals surface area contributed by atoms with Gasteiger partial charge in [-0.15, -0.1) is 6.42 Å². The van der Waals surface area contributed by atoms with Gasteiger partial charge in [0.05, 0.1) is 5.92 Å². The van der Waals surface area contributed by atoms with Crippen molar-refractivity contribution >= 4 is 35.5 Å². The van der Waals surface area contributed by atoms with Gasteiger partial charge in [-0.2, -0.15) is 0 Å². The van der Waals surface area contributed by atoms with Gasteiger partial charge in [-0.1, -0.05) is 29.7 Å². The number of piperidine rings is 2. The fraction of sp³-hybridized carbons (Fsp3) is 0.613. The predicted molar refractivity (Wildman–Crippen MR) is 156 cm³/mol. The van der Waals surface area contributed by atoms with Gasteiger partial charge in [0, 0.05) is 44.2 Å². The van der Waals surface area contributed by atoms with E-state index in [4.69, 9.17) is 27.5 Å². The number of halogens is 1. The number of ether oxygens (including phenoxy) is 2. The number of benzene rings is 1. The van der Waals surface area contributed by atoms with E-state index >= 15 is 0 Å². The van der Waals surface area contributed by atoms with Gasteiger partial charge in [-0.05, 0) is 76.5 Å². The van der Waals surface area contributed by atoms with E-state index in [0.717, 1.165) is 31.2 Å². The molecule has 9 nitrogen and oxygen atoms in total. The Labute approximate surface area is 248 Å². The lowest BCUT2D eigenvalue weighted by atomic mass is 9.91. The predicted octanol–water partition coefficient (Wildman–Crippen LogP) is 4.41. The number of carbonyl (C=O) groups excluding carboxylic acids is 4. The summed E-state index contributed by atoms with van der Waals surface area (Å²) in [5, 5.41) is 3.37. The topological polar surface area (TPSA) is 105 Å². The summed E-state index contributed by atoms with van der Waals surface area (Å²) in [7, 11) is 0. The molecule has 0 aliphatic carbocycles. The van der Waals surface area contributed by atoms with Gasteiger partial charge >= 0.3 is 12.1 Å².